The lowest BCUT2D eigenvalue weighted by molar-refractivity contribution is 0.0979. The number of carbonyl (C=O) groups is 1. The number of amides is 1. The first-order chi connectivity index (χ1) is 13.1. The number of anilines is 1. The summed E-state index contributed by atoms with van der Waals surface area (Å²) in [6.07, 6.45) is 3.44. The summed E-state index contributed by atoms with van der Waals surface area (Å²) in [5.41, 5.74) is 1.71. The maximum atomic E-state index is 13.5. The molecule has 0 aliphatic carbocycles. The highest BCUT2D eigenvalue weighted by molar-refractivity contribution is 7.22. The highest BCUT2D eigenvalue weighted by Gasteiger charge is 2.24. The summed E-state index contributed by atoms with van der Waals surface area (Å²) in [5, 5.41) is 4.79. The minimum atomic E-state index is -0.331. The number of hydrogen-bond donors (Lipinski definition) is 0. The summed E-state index contributed by atoms with van der Waals surface area (Å²) >= 11 is 1.27. The topological polar surface area (TPSA) is 63.9 Å². The number of carbonyl (C=O) groups excluding carboxylic acids is 1. The van der Waals surface area contributed by atoms with E-state index in [0.29, 0.717) is 27.6 Å². The summed E-state index contributed by atoms with van der Waals surface area (Å²) in [4.78, 5) is 23.5. The highest BCUT2D eigenvalue weighted by Crippen LogP contribution is 2.31. The molecule has 4 rings (SSSR count). The summed E-state index contributed by atoms with van der Waals surface area (Å²) in [6, 6.07) is 11.6. The van der Waals surface area contributed by atoms with Crippen molar-refractivity contribution in [3.63, 3.8) is 0 Å². The molecule has 0 unspecified atom stereocenters. The van der Waals surface area contributed by atoms with E-state index >= 15 is 0 Å². The van der Waals surface area contributed by atoms with Crippen molar-refractivity contribution in [1.82, 2.24) is 19.7 Å². The molecule has 136 valence electrons. The smallest absolute Gasteiger partial charge is 0.276 e. The molecule has 0 saturated carbocycles. The van der Waals surface area contributed by atoms with Crippen molar-refractivity contribution < 1.29 is 9.18 Å². The Bertz CT molecular complexity index is 1090. The zero-order valence-corrected chi connectivity index (χ0v) is 15.4. The van der Waals surface area contributed by atoms with Crippen molar-refractivity contribution >= 4 is 32.6 Å². The van der Waals surface area contributed by atoms with Gasteiger partial charge in [-0.2, -0.15) is 5.10 Å². The summed E-state index contributed by atoms with van der Waals surface area (Å²) < 4.78 is 15.9. The monoisotopic (exact) mass is 381 g/mol. The second-order valence-electron chi connectivity index (χ2n) is 5.88. The lowest BCUT2D eigenvalue weighted by atomic mass is 10.3. The van der Waals surface area contributed by atoms with E-state index in [1.54, 1.807) is 29.2 Å². The van der Waals surface area contributed by atoms with Gasteiger partial charge >= 0.3 is 0 Å². The molecule has 0 saturated heterocycles. The molecule has 0 N–H and O–H groups in total. The predicted molar refractivity (Wildman–Crippen MR) is 102 cm³/mol. The van der Waals surface area contributed by atoms with Crippen LogP contribution >= 0.6 is 11.3 Å². The van der Waals surface area contributed by atoms with Gasteiger partial charge in [0.05, 0.1) is 22.5 Å². The van der Waals surface area contributed by atoms with Crippen molar-refractivity contribution in [2.45, 2.75) is 20.0 Å². The van der Waals surface area contributed by atoms with Crippen molar-refractivity contribution in [3.8, 4) is 0 Å². The molecule has 1 amide bonds. The summed E-state index contributed by atoms with van der Waals surface area (Å²) in [6.45, 7) is 2.88. The molecular weight excluding hydrogens is 365 g/mol. The van der Waals surface area contributed by atoms with E-state index in [9.17, 15) is 9.18 Å². The minimum Gasteiger partial charge on any atom is -0.276 e. The normalized spacial score (nSPS) is 11.0. The standard InChI is InChI=1S/C19H16FN5OS/c1-2-24-10-8-16(23-24)18(26)25(12-14-5-3-4-9-21-14)19-22-15-7-6-13(20)11-17(15)27-19/h3-11H,2,12H2,1H3. The van der Waals surface area contributed by atoms with Gasteiger partial charge in [-0.25, -0.2) is 9.37 Å². The molecule has 27 heavy (non-hydrogen) atoms. The molecule has 6 nitrogen and oxygen atoms in total. The van der Waals surface area contributed by atoms with Gasteiger partial charge in [-0.1, -0.05) is 17.4 Å². The van der Waals surface area contributed by atoms with Crippen molar-refractivity contribution in [2.24, 2.45) is 0 Å². The number of nitrogens with zero attached hydrogens (tertiary/aromatic N) is 5. The van der Waals surface area contributed by atoms with Crippen molar-refractivity contribution in [3.05, 3.63) is 72.1 Å². The van der Waals surface area contributed by atoms with Gasteiger partial charge in [0.1, 0.15) is 5.82 Å². The van der Waals surface area contributed by atoms with Crippen LogP contribution in [-0.4, -0.2) is 25.7 Å². The molecule has 3 aromatic heterocycles. The summed E-state index contributed by atoms with van der Waals surface area (Å²) in [5.74, 6) is -0.602. The lowest BCUT2D eigenvalue weighted by Crippen LogP contribution is -2.31. The maximum Gasteiger partial charge on any atom is 0.280 e. The molecule has 4 aromatic rings. The van der Waals surface area contributed by atoms with Gasteiger partial charge < -0.3 is 0 Å². The molecule has 0 bridgehead atoms. The minimum absolute atomic E-state index is 0.251. The van der Waals surface area contributed by atoms with Crippen LogP contribution in [-0.2, 0) is 13.1 Å². The van der Waals surface area contributed by atoms with Crippen LogP contribution in [0.4, 0.5) is 9.52 Å². The van der Waals surface area contributed by atoms with E-state index in [4.69, 9.17) is 0 Å². The van der Waals surface area contributed by atoms with Gasteiger partial charge in [-0.05, 0) is 43.3 Å². The second kappa shape index (κ2) is 7.24. The fourth-order valence-corrected chi connectivity index (χ4v) is 3.66. The van der Waals surface area contributed by atoms with E-state index in [1.807, 2.05) is 25.1 Å². The van der Waals surface area contributed by atoms with E-state index < -0.39 is 0 Å². The highest BCUT2D eigenvalue weighted by atomic mass is 32.1. The third-order valence-corrected chi connectivity index (χ3v) is 5.09. The van der Waals surface area contributed by atoms with Gasteiger partial charge in [0.25, 0.3) is 5.91 Å². The fraction of sp³-hybridized carbons (Fsp3) is 0.158. The van der Waals surface area contributed by atoms with Crippen LogP contribution in [0.1, 0.15) is 23.1 Å². The molecule has 0 fully saturated rings. The van der Waals surface area contributed by atoms with E-state index in [1.165, 1.54) is 28.4 Å². The molecule has 0 aliphatic rings. The Balaban J connectivity index is 1.75. The van der Waals surface area contributed by atoms with Crippen LogP contribution < -0.4 is 4.90 Å². The molecule has 0 radical (unpaired) electrons. The number of thiazole rings is 1. The van der Waals surface area contributed by atoms with Crippen LogP contribution in [0.2, 0.25) is 0 Å². The van der Waals surface area contributed by atoms with Gasteiger partial charge in [0.2, 0.25) is 0 Å². The number of fused-ring (bicyclic) bond motifs is 1. The zero-order valence-electron chi connectivity index (χ0n) is 14.5. The van der Waals surface area contributed by atoms with Gasteiger partial charge in [-0.3, -0.25) is 19.4 Å². The molecule has 1 aromatic carbocycles. The zero-order chi connectivity index (χ0) is 18.8. The Morgan fingerprint density at radius 2 is 2.15 bits per heavy atom. The Hall–Kier alpha value is -3.13. The van der Waals surface area contributed by atoms with Gasteiger partial charge in [0, 0.05) is 18.9 Å². The SMILES string of the molecule is CCn1ccc(C(=O)N(Cc2ccccn2)c2nc3ccc(F)cc3s2)n1. The number of aromatic nitrogens is 4. The van der Waals surface area contributed by atoms with Crippen LogP contribution in [0, 0.1) is 5.82 Å². The Labute approximate surface area is 158 Å². The third kappa shape index (κ3) is 3.56. The molecule has 3 heterocycles. The summed E-state index contributed by atoms with van der Waals surface area (Å²) in [7, 11) is 0. The van der Waals surface area contributed by atoms with Gasteiger partial charge in [-0.15, -0.1) is 0 Å². The molecule has 0 aliphatic heterocycles. The quantitative estimate of drug-likeness (QED) is 0.526. The Kier molecular flexibility index (Phi) is 4.64. The maximum absolute atomic E-state index is 13.5. The lowest BCUT2D eigenvalue weighted by Gasteiger charge is -2.18. The number of halogens is 1. The third-order valence-electron chi connectivity index (χ3n) is 4.05. The van der Waals surface area contributed by atoms with E-state index in [-0.39, 0.29) is 18.3 Å². The Morgan fingerprint density at radius 1 is 1.26 bits per heavy atom. The van der Waals surface area contributed by atoms with E-state index in [0.717, 1.165) is 5.69 Å². The van der Waals surface area contributed by atoms with Crippen LogP contribution in [0.15, 0.2) is 54.9 Å². The molecule has 8 heteroatoms. The number of rotatable bonds is 5. The number of aryl methyl sites for hydroxylation is 1. The second-order valence-corrected chi connectivity index (χ2v) is 6.89. The van der Waals surface area contributed by atoms with Crippen LogP contribution in [0.3, 0.4) is 0 Å². The first-order valence-corrected chi connectivity index (χ1v) is 9.27. The molecular formula is C19H16FN5OS. The van der Waals surface area contributed by atoms with Crippen molar-refractivity contribution in [1.29, 1.82) is 0 Å². The fourth-order valence-electron chi connectivity index (χ4n) is 2.67. The largest absolute Gasteiger partial charge is 0.280 e. The predicted octanol–water partition coefficient (Wildman–Crippen LogP) is 3.89. The first kappa shape index (κ1) is 17.3. The van der Waals surface area contributed by atoms with Crippen LogP contribution in [0.5, 0.6) is 0 Å². The molecule has 0 spiro atoms. The Morgan fingerprint density at radius 3 is 2.89 bits per heavy atom. The average molecular weight is 381 g/mol. The average Bonchev–Trinajstić information content (AvgIpc) is 3.32. The number of hydrogen-bond acceptors (Lipinski definition) is 5. The first-order valence-electron chi connectivity index (χ1n) is 8.45. The van der Waals surface area contributed by atoms with Crippen LogP contribution in [0.25, 0.3) is 10.2 Å². The van der Waals surface area contributed by atoms with Gasteiger partial charge in [0.15, 0.2) is 10.8 Å². The van der Waals surface area contributed by atoms with Crippen molar-refractivity contribution in [2.75, 3.05) is 4.90 Å². The molecule has 0 atom stereocenters. The van der Waals surface area contributed by atoms with E-state index in [2.05, 4.69) is 15.1 Å². The number of benzene rings is 1. The number of pyridine rings is 1.